The summed E-state index contributed by atoms with van der Waals surface area (Å²) in [4.78, 5) is 14.6. The maximum Gasteiger partial charge on any atom is 0.223 e. The minimum Gasteiger partial charge on any atom is -0.493 e. The van der Waals surface area contributed by atoms with Gasteiger partial charge >= 0.3 is 0 Å². The topological polar surface area (TPSA) is 38.8 Å². The summed E-state index contributed by atoms with van der Waals surface area (Å²) in [5.41, 5.74) is 1.65. The molecule has 1 atom stereocenters. The van der Waals surface area contributed by atoms with Gasteiger partial charge in [-0.3, -0.25) is 4.79 Å². The van der Waals surface area contributed by atoms with Crippen LogP contribution in [-0.4, -0.2) is 36.7 Å². The summed E-state index contributed by atoms with van der Waals surface area (Å²) in [5, 5.41) is 0. The molecule has 1 saturated heterocycles. The molecule has 1 heterocycles. The molecule has 5 heteroatoms. The molecule has 0 radical (unpaired) electrons. The van der Waals surface area contributed by atoms with Crippen LogP contribution >= 0.6 is 0 Å². The molecule has 1 fully saturated rings. The highest BCUT2D eigenvalue weighted by atomic mass is 19.1. The second-order valence-corrected chi connectivity index (χ2v) is 7.57. The van der Waals surface area contributed by atoms with Gasteiger partial charge in [0.2, 0.25) is 5.91 Å². The normalized spacial score (nSPS) is 15.7. The molecule has 30 heavy (non-hydrogen) atoms. The molecule has 1 aliphatic heterocycles. The summed E-state index contributed by atoms with van der Waals surface area (Å²) in [6.45, 7) is 5.99. The first kappa shape index (κ1) is 22.0. The molecule has 1 aliphatic rings. The fourth-order valence-electron chi connectivity index (χ4n) is 3.61. The van der Waals surface area contributed by atoms with Gasteiger partial charge in [-0.2, -0.15) is 0 Å². The number of halogens is 1. The lowest BCUT2D eigenvalue weighted by Crippen LogP contribution is -2.36. The Morgan fingerprint density at radius 3 is 2.90 bits per heavy atom. The van der Waals surface area contributed by atoms with Crippen molar-refractivity contribution in [2.45, 2.75) is 44.8 Å². The van der Waals surface area contributed by atoms with E-state index in [1.807, 2.05) is 35.2 Å². The lowest BCUT2D eigenvalue weighted by molar-refractivity contribution is -0.133. The van der Waals surface area contributed by atoms with Crippen molar-refractivity contribution in [2.24, 2.45) is 0 Å². The zero-order chi connectivity index (χ0) is 21.2. The van der Waals surface area contributed by atoms with Gasteiger partial charge in [-0.25, -0.2) is 4.39 Å². The first-order valence-corrected chi connectivity index (χ1v) is 10.6. The number of ether oxygens (including phenoxy) is 2. The molecule has 0 bridgehead atoms. The van der Waals surface area contributed by atoms with Crippen LogP contribution in [0.3, 0.4) is 0 Å². The first-order valence-electron chi connectivity index (χ1n) is 10.6. The van der Waals surface area contributed by atoms with E-state index in [0.29, 0.717) is 44.5 Å². The van der Waals surface area contributed by atoms with Crippen LogP contribution in [0.1, 0.15) is 36.8 Å². The smallest absolute Gasteiger partial charge is 0.223 e. The zero-order valence-electron chi connectivity index (χ0n) is 17.4. The predicted octanol–water partition coefficient (Wildman–Crippen LogP) is 4.92. The van der Waals surface area contributed by atoms with Crippen LogP contribution < -0.4 is 4.74 Å². The standard InChI is InChI=1S/C25H30FNO3/c1-2-3-13-25(28)27(19-23-11-7-15-29-23)18-20-8-6-10-22(17-20)30-16-14-21-9-4-5-12-24(21)26/h2,4-6,8-10,12,17,23H,1,3,7,11,13-16,18-19H2. The molecule has 0 spiro atoms. The number of nitrogens with zero attached hydrogens (tertiary/aromatic N) is 1. The third-order valence-corrected chi connectivity index (χ3v) is 5.23. The summed E-state index contributed by atoms with van der Waals surface area (Å²) < 4.78 is 25.3. The van der Waals surface area contributed by atoms with Crippen LogP contribution in [0, 0.1) is 5.82 Å². The SMILES string of the molecule is C=CCCC(=O)N(Cc1cccc(OCCc2ccccc2F)c1)CC1CCCO1. The van der Waals surface area contributed by atoms with Crippen molar-refractivity contribution in [3.05, 3.63) is 78.1 Å². The van der Waals surface area contributed by atoms with Crippen molar-refractivity contribution in [1.82, 2.24) is 4.90 Å². The van der Waals surface area contributed by atoms with Gasteiger partial charge in [-0.15, -0.1) is 6.58 Å². The van der Waals surface area contributed by atoms with Crippen LogP contribution in [-0.2, 0) is 22.5 Å². The van der Waals surface area contributed by atoms with Crippen LogP contribution in [0.4, 0.5) is 4.39 Å². The predicted molar refractivity (Wildman–Crippen MR) is 116 cm³/mol. The average molecular weight is 412 g/mol. The maximum absolute atomic E-state index is 13.7. The summed E-state index contributed by atoms with van der Waals surface area (Å²) in [6.07, 6.45) is 5.54. The highest BCUT2D eigenvalue weighted by Crippen LogP contribution is 2.19. The van der Waals surface area contributed by atoms with E-state index in [0.717, 1.165) is 30.8 Å². The fraction of sp³-hybridized carbons (Fsp3) is 0.400. The van der Waals surface area contributed by atoms with Crippen molar-refractivity contribution in [1.29, 1.82) is 0 Å². The number of hydrogen-bond donors (Lipinski definition) is 0. The third kappa shape index (κ3) is 6.70. The van der Waals surface area contributed by atoms with E-state index in [4.69, 9.17) is 9.47 Å². The van der Waals surface area contributed by atoms with Crippen LogP contribution in [0.2, 0.25) is 0 Å². The number of rotatable bonds is 11. The van der Waals surface area contributed by atoms with Crippen LogP contribution in [0.15, 0.2) is 61.2 Å². The molecule has 3 rings (SSSR count). The molecule has 0 aromatic heterocycles. The van der Waals surface area contributed by atoms with Gasteiger partial charge in [0.05, 0.1) is 12.7 Å². The van der Waals surface area contributed by atoms with Crippen LogP contribution in [0.25, 0.3) is 0 Å². The third-order valence-electron chi connectivity index (χ3n) is 5.23. The quantitative estimate of drug-likeness (QED) is 0.493. The minimum atomic E-state index is -0.210. The molecule has 4 nitrogen and oxygen atoms in total. The monoisotopic (exact) mass is 411 g/mol. The number of amides is 1. The number of carbonyl (C=O) groups excluding carboxylic acids is 1. The molecule has 2 aromatic carbocycles. The summed E-state index contributed by atoms with van der Waals surface area (Å²) in [6, 6.07) is 14.5. The lowest BCUT2D eigenvalue weighted by atomic mass is 10.1. The van der Waals surface area contributed by atoms with Gasteiger partial charge in [-0.1, -0.05) is 36.4 Å². The molecular formula is C25H30FNO3. The van der Waals surface area contributed by atoms with Crippen molar-refractivity contribution in [2.75, 3.05) is 19.8 Å². The number of carbonyl (C=O) groups is 1. The average Bonchev–Trinajstić information content (AvgIpc) is 3.26. The lowest BCUT2D eigenvalue weighted by Gasteiger charge is -2.26. The van der Waals surface area contributed by atoms with E-state index in [1.165, 1.54) is 6.07 Å². The number of benzene rings is 2. The van der Waals surface area contributed by atoms with E-state index < -0.39 is 0 Å². The Kier molecular flexibility index (Phi) is 8.45. The molecule has 0 aliphatic carbocycles. The van der Waals surface area contributed by atoms with Crippen molar-refractivity contribution in [3.63, 3.8) is 0 Å². The molecular weight excluding hydrogens is 381 g/mol. The zero-order valence-corrected chi connectivity index (χ0v) is 17.4. The molecule has 1 amide bonds. The minimum absolute atomic E-state index is 0.108. The molecule has 160 valence electrons. The Morgan fingerprint density at radius 2 is 2.13 bits per heavy atom. The van der Waals surface area contributed by atoms with E-state index >= 15 is 0 Å². The molecule has 1 unspecified atom stereocenters. The Bertz CT molecular complexity index is 833. The van der Waals surface area contributed by atoms with Gasteiger partial charge < -0.3 is 14.4 Å². The van der Waals surface area contributed by atoms with Gasteiger partial charge in [0.1, 0.15) is 11.6 Å². The summed E-state index contributed by atoms with van der Waals surface area (Å²) in [5.74, 6) is 0.619. The Hall–Kier alpha value is -2.66. The maximum atomic E-state index is 13.7. The van der Waals surface area contributed by atoms with Crippen molar-refractivity contribution >= 4 is 5.91 Å². The second-order valence-electron chi connectivity index (χ2n) is 7.57. The molecule has 2 aromatic rings. The van der Waals surface area contributed by atoms with E-state index in [-0.39, 0.29) is 17.8 Å². The van der Waals surface area contributed by atoms with Crippen molar-refractivity contribution in [3.8, 4) is 5.75 Å². The van der Waals surface area contributed by atoms with E-state index in [2.05, 4.69) is 6.58 Å². The highest BCUT2D eigenvalue weighted by molar-refractivity contribution is 5.76. The van der Waals surface area contributed by atoms with Gasteiger partial charge in [0, 0.05) is 32.5 Å². The highest BCUT2D eigenvalue weighted by Gasteiger charge is 2.22. The number of allylic oxidation sites excluding steroid dienone is 1. The molecule has 0 N–H and O–H groups in total. The van der Waals surface area contributed by atoms with Gasteiger partial charge in [0.15, 0.2) is 0 Å². The van der Waals surface area contributed by atoms with Gasteiger partial charge in [-0.05, 0) is 48.6 Å². The number of hydrogen-bond acceptors (Lipinski definition) is 3. The Balaban J connectivity index is 1.59. The van der Waals surface area contributed by atoms with E-state index in [1.54, 1.807) is 18.2 Å². The Morgan fingerprint density at radius 1 is 1.27 bits per heavy atom. The van der Waals surface area contributed by atoms with Gasteiger partial charge in [0.25, 0.3) is 0 Å². The van der Waals surface area contributed by atoms with Crippen LogP contribution in [0.5, 0.6) is 5.75 Å². The summed E-state index contributed by atoms with van der Waals surface area (Å²) in [7, 11) is 0. The first-order chi connectivity index (χ1) is 14.7. The molecule has 0 saturated carbocycles. The second kappa shape index (κ2) is 11.5. The Labute approximate surface area is 178 Å². The fourth-order valence-corrected chi connectivity index (χ4v) is 3.61. The van der Waals surface area contributed by atoms with E-state index in [9.17, 15) is 9.18 Å². The largest absolute Gasteiger partial charge is 0.493 e. The van der Waals surface area contributed by atoms with Crippen molar-refractivity contribution < 1.29 is 18.7 Å². The summed E-state index contributed by atoms with van der Waals surface area (Å²) >= 11 is 0.